The molecule has 1 atom stereocenters. The van der Waals surface area contributed by atoms with Crippen LogP contribution in [-0.4, -0.2) is 13.7 Å². The Kier molecular flexibility index (Phi) is 8.54. The predicted octanol–water partition coefficient (Wildman–Crippen LogP) is 6.80. The average molecular weight is 341 g/mol. The summed E-state index contributed by atoms with van der Waals surface area (Å²) in [5.74, 6) is 0.886. The Hall–Kier alpha value is -1.80. The molecule has 0 aliphatic heterocycles. The minimum atomic E-state index is 0.153. The van der Waals surface area contributed by atoms with Crippen molar-refractivity contribution in [3.63, 3.8) is 0 Å². The Labute approximate surface area is 153 Å². The maximum atomic E-state index is 5.99. The van der Waals surface area contributed by atoms with E-state index >= 15 is 0 Å². The molecule has 136 valence electrons. The molecule has 0 spiro atoms. The molecular formula is C23H32O2. The minimum absolute atomic E-state index is 0.153. The van der Waals surface area contributed by atoms with Crippen LogP contribution in [0.4, 0.5) is 0 Å². The topological polar surface area (TPSA) is 18.5 Å². The molecule has 2 aromatic carbocycles. The molecular weight excluding hydrogens is 308 g/mol. The number of unbranched alkanes of at least 4 members (excludes halogenated alkanes) is 5. The van der Waals surface area contributed by atoms with E-state index in [1.165, 1.54) is 48.8 Å². The van der Waals surface area contributed by atoms with Crippen molar-refractivity contribution in [2.75, 3.05) is 13.7 Å². The summed E-state index contributed by atoms with van der Waals surface area (Å²) in [5, 5.41) is 0. The second-order valence-corrected chi connectivity index (χ2v) is 6.63. The van der Waals surface area contributed by atoms with Gasteiger partial charge < -0.3 is 9.47 Å². The van der Waals surface area contributed by atoms with Gasteiger partial charge in [0.25, 0.3) is 0 Å². The highest BCUT2D eigenvalue weighted by Crippen LogP contribution is 2.25. The highest BCUT2D eigenvalue weighted by atomic mass is 16.5. The first-order valence-electron chi connectivity index (χ1n) is 9.60. The molecule has 1 unspecified atom stereocenters. The molecule has 0 aromatic heterocycles. The SMILES string of the molecule is CCCCCCCCOC(C)c1ccc(-c2ccc(OC)cc2)cc1. The van der Waals surface area contributed by atoms with Crippen molar-refractivity contribution in [2.24, 2.45) is 0 Å². The van der Waals surface area contributed by atoms with Gasteiger partial charge in [0, 0.05) is 6.61 Å². The molecule has 0 aliphatic rings. The summed E-state index contributed by atoms with van der Waals surface area (Å²) in [7, 11) is 1.69. The van der Waals surface area contributed by atoms with E-state index in [4.69, 9.17) is 9.47 Å². The molecule has 0 saturated carbocycles. The molecule has 0 radical (unpaired) electrons. The van der Waals surface area contributed by atoms with Gasteiger partial charge in [-0.05, 0) is 42.2 Å². The van der Waals surface area contributed by atoms with E-state index < -0.39 is 0 Å². The molecule has 2 aromatic rings. The zero-order valence-corrected chi connectivity index (χ0v) is 16.0. The van der Waals surface area contributed by atoms with Gasteiger partial charge in [-0.2, -0.15) is 0 Å². The first-order chi connectivity index (χ1) is 12.2. The van der Waals surface area contributed by atoms with Gasteiger partial charge in [0.15, 0.2) is 0 Å². The lowest BCUT2D eigenvalue weighted by atomic mass is 10.0. The molecule has 0 N–H and O–H groups in total. The zero-order valence-electron chi connectivity index (χ0n) is 16.0. The van der Waals surface area contributed by atoms with Crippen LogP contribution in [0.2, 0.25) is 0 Å². The smallest absolute Gasteiger partial charge is 0.118 e. The van der Waals surface area contributed by atoms with E-state index in [9.17, 15) is 0 Å². The van der Waals surface area contributed by atoms with Crippen LogP contribution in [0.15, 0.2) is 48.5 Å². The van der Waals surface area contributed by atoms with E-state index in [1.807, 2.05) is 12.1 Å². The van der Waals surface area contributed by atoms with Gasteiger partial charge in [-0.1, -0.05) is 75.4 Å². The fourth-order valence-corrected chi connectivity index (χ4v) is 2.97. The second-order valence-electron chi connectivity index (χ2n) is 6.63. The fraction of sp³-hybridized carbons (Fsp3) is 0.478. The summed E-state index contributed by atoms with van der Waals surface area (Å²) in [6.45, 7) is 5.25. The maximum Gasteiger partial charge on any atom is 0.118 e. The van der Waals surface area contributed by atoms with Gasteiger partial charge in [-0.25, -0.2) is 0 Å². The minimum Gasteiger partial charge on any atom is -0.497 e. The van der Waals surface area contributed by atoms with Crippen molar-refractivity contribution in [1.82, 2.24) is 0 Å². The molecule has 0 aliphatic carbocycles. The number of hydrogen-bond acceptors (Lipinski definition) is 2. The molecule has 0 amide bonds. The highest BCUT2D eigenvalue weighted by molar-refractivity contribution is 5.64. The Bertz CT molecular complexity index is 586. The van der Waals surface area contributed by atoms with Crippen LogP contribution in [0, 0.1) is 0 Å². The van der Waals surface area contributed by atoms with Crippen molar-refractivity contribution in [3.05, 3.63) is 54.1 Å². The summed E-state index contributed by atoms with van der Waals surface area (Å²) < 4.78 is 11.2. The molecule has 0 saturated heterocycles. The molecule has 2 rings (SSSR count). The second kappa shape index (κ2) is 10.9. The summed E-state index contributed by atoms with van der Waals surface area (Å²) in [6.07, 6.45) is 7.96. The number of ether oxygens (including phenoxy) is 2. The summed E-state index contributed by atoms with van der Waals surface area (Å²) in [5.41, 5.74) is 3.66. The van der Waals surface area contributed by atoms with Crippen molar-refractivity contribution >= 4 is 0 Å². The number of benzene rings is 2. The zero-order chi connectivity index (χ0) is 17.9. The molecule has 0 bridgehead atoms. The van der Waals surface area contributed by atoms with Crippen molar-refractivity contribution in [1.29, 1.82) is 0 Å². The number of hydrogen-bond donors (Lipinski definition) is 0. The first kappa shape index (κ1) is 19.5. The lowest BCUT2D eigenvalue weighted by Crippen LogP contribution is -2.01. The van der Waals surface area contributed by atoms with Crippen LogP contribution in [0.5, 0.6) is 5.75 Å². The third-order valence-electron chi connectivity index (χ3n) is 4.67. The fourth-order valence-electron chi connectivity index (χ4n) is 2.97. The largest absolute Gasteiger partial charge is 0.497 e. The lowest BCUT2D eigenvalue weighted by molar-refractivity contribution is 0.0627. The summed E-state index contributed by atoms with van der Waals surface area (Å²) in [4.78, 5) is 0. The van der Waals surface area contributed by atoms with Gasteiger partial charge in [0.05, 0.1) is 13.2 Å². The molecule has 2 heteroatoms. The standard InChI is InChI=1S/C23H32O2/c1-4-5-6-7-8-9-18-25-19(2)20-10-12-21(13-11-20)22-14-16-23(24-3)17-15-22/h10-17,19H,4-9,18H2,1-3H3. The molecule has 0 heterocycles. The first-order valence-corrected chi connectivity index (χ1v) is 9.60. The Morgan fingerprint density at radius 1 is 0.760 bits per heavy atom. The van der Waals surface area contributed by atoms with Crippen molar-refractivity contribution in [3.8, 4) is 16.9 Å². The third-order valence-corrected chi connectivity index (χ3v) is 4.67. The summed E-state index contributed by atoms with van der Waals surface area (Å²) in [6, 6.07) is 16.9. The van der Waals surface area contributed by atoms with Crippen molar-refractivity contribution < 1.29 is 9.47 Å². The normalized spacial score (nSPS) is 12.1. The quantitative estimate of drug-likeness (QED) is 0.419. The Morgan fingerprint density at radius 3 is 1.92 bits per heavy atom. The Balaban J connectivity index is 1.78. The van der Waals surface area contributed by atoms with Gasteiger partial charge in [-0.15, -0.1) is 0 Å². The van der Waals surface area contributed by atoms with E-state index in [2.05, 4.69) is 50.2 Å². The average Bonchev–Trinajstić information content (AvgIpc) is 2.67. The van der Waals surface area contributed by atoms with Crippen LogP contribution in [-0.2, 0) is 4.74 Å². The Morgan fingerprint density at radius 2 is 1.32 bits per heavy atom. The summed E-state index contributed by atoms with van der Waals surface area (Å²) >= 11 is 0. The van der Waals surface area contributed by atoms with E-state index in [-0.39, 0.29) is 6.10 Å². The van der Waals surface area contributed by atoms with E-state index in [0.29, 0.717) is 0 Å². The van der Waals surface area contributed by atoms with Crippen LogP contribution < -0.4 is 4.74 Å². The maximum absolute atomic E-state index is 5.99. The van der Waals surface area contributed by atoms with Gasteiger partial charge in [0.2, 0.25) is 0 Å². The van der Waals surface area contributed by atoms with E-state index in [1.54, 1.807) is 7.11 Å². The molecule has 25 heavy (non-hydrogen) atoms. The van der Waals surface area contributed by atoms with Crippen molar-refractivity contribution in [2.45, 2.75) is 58.5 Å². The lowest BCUT2D eigenvalue weighted by Gasteiger charge is -2.14. The van der Waals surface area contributed by atoms with Crippen LogP contribution >= 0.6 is 0 Å². The number of methoxy groups -OCH3 is 1. The predicted molar refractivity (Wildman–Crippen MR) is 106 cm³/mol. The molecule has 2 nitrogen and oxygen atoms in total. The van der Waals surface area contributed by atoms with Gasteiger partial charge >= 0.3 is 0 Å². The monoisotopic (exact) mass is 340 g/mol. The third kappa shape index (κ3) is 6.55. The molecule has 0 fully saturated rings. The number of rotatable bonds is 11. The van der Waals surface area contributed by atoms with E-state index in [0.717, 1.165) is 18.8 Å². The van der Waals surface area contributed by atoms with Crippen LogP contribution in [0.3, 0.4) is 0 Å². The highest BCUT2D eigenvalue weighted by Gasteiger charge is 2.06. The van der Waals surface area contributed by atoms with Gasteiger partial charge in [0.1, 0.15) is 5.75 Å². The van der Waals surface area contributed by atoms with Crippen LogP contribution in [0.1, 0.15) is 64.0 Å². The van der Waals surface area contributed by atoms with Crippen LogP contribution in [0.25, 0.3) is 11.1 Å². The van der Waals surface area contributed by atoms with Gasteiger partial charge in [-0.3, -0.25) is 0 Å².